The fraction of sp³-hybridized carbons (Fsp3) is 0.914. The van der Waals surface area contributed by atoms with Gasteiger partial charge in [0.05, 0.1) is 28.1 Å². The molecule has 0 aromatic heterocycles. The van der Waals surface area contributed by atoms with Crippen molar-refractivity contribution in [3.63, 3.8) is 0 Å². The van der Waals surface area contributed by atoms with Crippen LogP contribution >= 0.6 is 0 Å². The third-order valence-electron chi connectivity index (χ3n) is 19.3. The molecule has 10 aliphatic rings. The topological polar surface area (TPSA) is 132 Å². The van der Waals surface area contributed by atoms with Gasteiger partial charge >= 0.3 is 29.8 Å². The van der Waals surface area contributed by atoms with Crippen LogP contribution in [0.15, 0.2) is 0 Å². The van der Waals surface area contributed by atoms with Crippen LogP contribution in [0.5, 0.6) is 0 Å². The summed E-state index contributed by atoms with van der Waals surface area (Å²) in [5.41, 5.74) is -2.18. The van der Waals surface area contributed by atoms with E-state index in [1.807, 2.05) is 83.1 Å². The monoisotopic (exact) mass is 959 g/mol. The molecule has 8 bridgehead atoms. The summed E-state index contributed by atoms with van der Waals surface area (Å²) >= 11 is 0. The van der Waals surface area contributed by atoms with Gasteiger partial charge in [0.25, 0.3) is 0 Å². The highest BCUT2D eigenvalue weighted by atomic mass is 16.6. The summed E-state index contributed by atoms with van der Waals surface area (Å²) in [5, 5.41) is 0. The van der Waals surface area contributed by atoms with Crippen molar-refractivity contribution >= 4 is 29.8 Å². The number of fused-ring (bicyclic) bond motifs is 4. The molecule has 394 valence electrons. The van der Waals surface area contributed by atoms with Gasteiger partial charge in [-0.1, -0.05) is 70.7 Å². The van der Waals surface area contributed by atoms with Crippen molar-refractivity contribution in [3.8, 4) is 0 Å². The number of carbonyl (C=O) groups excluding carboxylic acids is 5. The van der Waals surface area contributed by atoms with E-state index in [1.54, 1.807) is 0 Å². The first kappa shape index (κ1) is 59.7. The van der Waals surface area contributed by atoms with Crippen molar-refractivity contribution in [2.45, 2.75) is 259 Å². The predicted molar refractivity (Wildman–Crippen MR) is 271 cm³/mol. The van der Waals surface area contributed by atoms with Crippen molar-refractivity contribution in [1.82, 2.24) is 0 Å². The minimum atomic E-state index is -0.469. The molecule has 9 unspecified atom stereocenters. The molecule has 0 radical (unpaired) electrons. The highest BCUT2D eigenvalue weighted by molar-refractivity contribution is 5.79. The van der Waals surface area contributed by atoms with Gasteiger partial charge < -0.3 is 23.7 Å². The van der Waals surface area contributed by atoms with Crippen molar-refractivity contribution in [3.05, 3.63) is 0 Å². The summed E-state index contributed by atoms with van der Waals surface area (Å²) in [4.78, 5) is 62.5. The van der Waals surface area contributed by atoms with E-state index in [1.165, 1.54) is 32.1 Å². The van der Waals surface area contributed by atoms with Crippen LogP contribution in [0.2, 0.25) is 0 Å². The highest BCUT2D eigenvalue weighted by Gasteiger charge is 2.66. The van der Waals surface area contributed by atoms with E-state index in [4.69, 9.17) is 23.7 Å². The van der Waals surface area contributed by atoms with E-state index in [-0.39, 0.29) is 110 Å². The van der Waals surface area contributed by atoms with Gasteiger partial charge in [-0.15, -0.1) is 0 Å². The molecule has 9 aliphatic carbocycles. The second-order valence-electron chi connectivity index (χ2n) is 25.9. The molecule has 68 heavy (non-hydrogen) atoms. The van der Waals surface area contributed by atoms with E-state index >= 15 is 0 Å². The summed E-state index contributed by atoms with van der Waals surface area (Å²) in [6, 6.07) is 0. The van der Waals surface area contributed by atoms with Crippen LogP contribution < -0.4 is 0 Å². The quantitative estimate of drug-likeness (QED) is 0.138. The third kappa shape index (κ3) is 11.2. The molecule has 0 amide bonds. The Hall–Kier alpha value is -2.65. The maximum atomic E-state index is 14.2. The molecule has 10 heteroatoms. The van der Waals surface area contributed by atoms with Gasteiger partial charge in [-0.05, 0) is 194 Å². The lowest BCUT2D eigenvalue weighted by Gasteiger charge is -2.63. The van der Waals surface area contributed by atoms with E-state index in [0.29, 0.717) is 29.6 Å². The van der Waals surface area contributed by atoms with Gasteiger partial charge in [0.2, 0.25) is 0 Å². The Morgan fingerprint density at radius 1 is 0.676 bits per heavy atom. The molecule has 10 fully saturated rings. The van der Waals surface area contributed by atoms with E-state index in [9.17, 15) is 24.0 Å². The van der Waals surface area contributed by atoms with Gasteiger partial charge in [-0.25, -0.2) is 0 Å². The van der Waals surface area contributed by atoms with Crippen LogP contribution in [-0.4, -0.2) is 59.4 Å². The fourth-order valence-corrected chi connectivity index (χ4v) is 13.6. The number of hydrogen-bond donors (Lipinski definition) is 0. The molecule has 0 aromatic carbocycles. The molecule has 1 heterocycles. The molecule has 1 aliphatic heterocycles. The van der Waals surface area contributed by atoms with Crippen LogP contribution in [0.25, 0.3) is 0 Å². The predicted octanol–water partition coefficient (Wildman–Crippen LogP) is 13.9. The van der Waals surface area contributed by atoms with Gasteiger partial charge in [0.1, 0.15) is 29.5 Å². The Bertz CT molecular complexity index is 1760. The number of ether oxygens (including phenoxy) is 5. The zero-order valence-corrected chi connectivity index (χ0v) is 43.6. The summed E-state index contributed by atoms with van der Waals surface area (Å²) in [6.07, 6.45) is 14.7. The summed E-state index contributed by atoms with van der Waals surface area (Å²) in [5.74, 6) is 3.43. The van der Waals surface area contributed by atoms with Crippen LogP contribution in [0.4, 0.5) is 0 Å². The van der Waals surface area contributed by atoms with Gasteiger partial charge in [0.15, 0.2) is 0 Å². The Labute approximate surface area is 415 Å². The van der Waals surface area contributed by atoms with Gasteiger partial charge in [-0.3, -0.25) is 24.0 Å². The van der Waals surface area contributed by atoms with Gasteiger partial charge in [-0.2, -0.15) is 0 Å². The second-order valence-corrected chi connectivity index (χ2v) is 25.9. The zero-order chi connectivity index (χ0) is 48.5. The molecule has 1 saturated heterocycles. The first-order chi connectivity index (χ1) is 30.0. The van der Waals surface area contributed by atoms with Crippen LogP contribution in [0, 0.1) is 80.3 Å². The van der Waals surface area contributed by atoms with Crippen molar-refractivity contribution in [2.75, 3.05) is 0 Å². The Kier molecular flexibility index (Phi) is 18.6. The molecule has 9 atom stereocenters. The number of rotatable bonds is 12. The molecule has 0 aromatic rings. The smallest absolute Gasteiger partial charge is 0.312 e. The SMILES string of the molecule is C.C.C.CCC(C)(C)C(=O)OC(C)(C)C.CCC(C)(C)C(=O)OC1C2CC3C(=O)OC1C3C2.CCC(C)(C)C(=O)OC1CC2(C(C)C)CCC1(C)CC2C(=O)OC1(CC)C2CC3CC(C2)CC1C3. The lowest BCUT2D eigenvalue weighted by Crippen LogP contribution is -2.63. The van der Waals surface area contributed by atoms with Crippen LogP contribution in [0.1, 0.15) is 229 Å². The largest absolute Gasteiger partial charge is 0.461 e. The van der Waals surface area contributed by atoms with Gasteiger partial charge in [0, 0.05) is 17.3 Å². The lowest BCUT2D eigenvalue weighted by atomic mass is 9.45. The summed E-state index contributed by atoms with van der Waals surface area (Å²) in [6.45, 7) is 32.3. The molecule has 10 rings (SSSR count). The van der Waals surface area contributed by atoms with Crippen molar-refractivity contribution in [2.24, 2.45) is 80.3 Å². The second kappa shape index (κ2) is 21.2. The Morgan fingerprint density at radius 3 is 1.65 bits per heavy atom. The summed E-state index contributed by atoms with van der Waals surface area (Å²) < 4.78 is 29.4. The molecular formula is C58H102O10. The standard InChI is InChI=1S/C31H50O4.C14H20O4.C10H20O2.3CH4/c1-8-28(5,6)27(33)34-25-18-30(19(3)4)11-10-29(25,7)17-24(30)26(32)35-31(9-2)22-13-20-12-21(15-22)16-23(31)14-20;1-4-14(2,3)13(16)18-10-7-5-8-9(6-7)12(15)17-11(8)10;1-7-10(5,6)8(11)12-9(2,3)4;;;/h19-25H,8-18H2,1-7H3;7-11H,4-6H2,1-3H3;7H2,1-6H3;3*1H4. The third-order valence-corrected chi connectivity index (χ3v) is 19.3. The maximum absolute atomic E-state index is 14.2. The fourth-order valence-electron chi connectivity index (χ4n) is 13.6. The highest BCUT2D eigenvalue weighted by Crippen LogP contribution is 2.66. The minimum absolute atomic E-state index is 0. The average molecular weight is 959 g/mol. The molecular weight excluding hydrogens is 857 g/mol. The number of hydrogen-bond acceptors (Lipinski definition) is 10. The minimum Gasteiger partial charge on any atom is -0.461 e. The average Bonchev–Trinajstić information content (AvgIpc) is 3.87. The first-order valence-corrected chi connectivity index (χ1v) is 26.1. The molecule has 10 nitrogen and oxygen atoms in total. The normalized spacial score (nSPS) is 36.9. The van der Waals surface area contributed by atoms with Crippen LogP contribution in [-0.2, 0) is 47.7 Å². The van der Waals surface area contributed by atoms with Crippen molar-refractivity contribution in [1.29, 1.82) is 0 Å². The van der Waals surface area contributed by atoms with E-state index < -0.39 is 10.8 Å². The zero-order valence-electron chi connectivity index (χ0n) is 43.6. The van der Waals surface area contributed by atoms with E-state index in [2.05, 4.69) is 27.7 Å². The Morgan fingerprint density at radius 2 is 1.18 bits per heavy atom. The molecule has 0 N–H and O–H groups in total. The first-order valence-electron chi connectivity index (χ1n) is 26.1. The van der Waals surface area contributed by atoms with Crippen molar-refractivity contribution < 1.29 is 47.7 Å². The molecule has 9 saturated carbocycles. The number of carbonyl (C=O) groups is 5. The Balaban J connectivity index is 0.000000311. The lowest BCUT2D eigenvalue weighted by molar-refractivity contribution is -0.235. The number of esters is 5. The molecule has 0 spiro atoms. The maximum Gasteiger partial charge on any atom is 0.312 e. The summed E-state index contributed by atoms with van der Waals surface area (Å²) in [7, 11) is 0. The van der Waals surface area contributed by atoms with E-state index in [0.717, 1.165) is 76.0 Å². The van der Waals surface area contributed by atoms with Crippen LogP contribution in [0.3, 0.4) is 0 Å².